The van der Waals surface area contributed by atoms with E-state index >= 15 is 0 Å². The van der Waals surface area contributed by atoms with Crippen molar-refractivity contribution in [3.8, 4) is 68.2 Å². The maximum absolute atomic E-state index is 11.6. The molecule has 8 aromatic carbocycles. The lowest BCUT2D eigenvalue weighted by molar-refractivity contribution is 0.350. The van der Waals surface area contributed by atoms with Crippen LogP contribution in [0.2, 0.25) is 0 Å². The summed E-state index contributed by atoms with van der Waals surface area (Å²) in [6.45, 7) is 0. The zero-order chi connectivity index (χ0) is 32.0. The monoisotopic (exact) mass is 608 g/mol. The van der Waals surface area contributed by atoms with Crippen molar-refractivity contribution in [2.75, 3.05) is 0 Å². The summed E-state index contributed by atoms with van der Waals surface area (Å²) in [5, 5.41) is 93.7. The minimum Gasteiger partial charge on any atom is -0.504 e. The molecule has 0 aliphatic carbocycles. The molecule has 0 fully saturated rings. The lowest BCUT2D eigenvalue weighted by atomic mass is 9.81. The van der Waals surface area contributed by atoms with Crippen LogP contribution in [0.5, 0.6) is 46.0 Å². The molecular formula is C38H24O8. The molecular weight excluding hydrogens is 584 g/mol. The molecule has 0 aliphatic heterocycles. The van der Waals surface area contributed by atoms with Crippen LogP contribution in [0.3, 0.4) is 0 Å². The topological polar surface area (TPSA) is 162 Å². The second-order valence-electron chi connectivity index (χ2n) is 11.3. The van der Waals surface area contributed by atoms with E-state index in [0.29, 0.717) is 16.5 Å². The van der Waals surface area contributed by atoms with Gasteiger partial charge in [0.15, 0.2) is 23.0 Å². The highest BCUT2D eigenvalue weighted by atomic mass is 16.4. The first-order chi connectivity index (χ1) is 22.2. The molecule has 0 bridgehead atoms. The molecule has 0 spiro atoms. The number of phenols is 8. The van der Waals surface area contributed by atoms with Gasteiger partial charge in [-0.25, -0.2) is 0 Å². The van der Waals surface area contributed by atoms with Crippen molar-refractivity contribution >= 4 is 53.9 Å². The fourth-order valence-corrected chi connectivity index (χ4v) is 6.87. The third-order valence-corrected chi connectivity index (χ3v) is 8.87. The number of rotatable bonds is 2. The largest absolute Gasteiger partial charge is 0.504 e. The molecule has 0 atom stereocenters. The van der Waals surface area contributed by atoms with Crippen LogP contribution >= 0.6 is 0 Å². The average Bonchev–Trinajstić information content (AvgIpc) is 3.09. The molecule has 8 N–H and O–H groups in total. The summed E-state index contributed by atoms with van der Waals surface area (Å²) in [4.78, 5) is 0. The lowest BCUT2D eigenvalue weighted by Crippen LogP contribution is -1.95. The van der Waals surface area contributed by atoms with Crippen LogP contribution in [-0.4, -0.2) is 40.9 Å². The van der Waals surface area contributed by atoms with E-state index in [2.05, 4.69) is 0 Å². The fourth-order valence-electron chi connectivity index (χ4n) is 6.87. The van der Waals surface area contributed by atoms with Crippen molar-refractivity contribution in [2.24, 2.45) is 0 Å². The van der Waals surface area contributed by atoms with Crippen molar-refractivity contribution in [3.63, 3.8) is 0 Å². The third-order valence-electron chi connectivity index (χ3n) is 8.87. The molecule has 224 valence electrons. The number of hydrogen-bond donors (Lipinski definition) is 8. The van der Waals surface area contributed by atoms with Crippen molar-refractivity contribution in [1.82, 2.24) is 0 Å². The highest BCUT2D eigenvalue weighted by Crippen LogP contribution is 2.62. The van der Waals surface area contributed by atoms with Gasteiger partial charge in [-0.15, -0.1) is 0 Å². The molecule has 8 nitrogen and oxygen atoms in total. The fraction of sp³-hybridized carbons (Fsp3) is 0. The number of hydrogen-bond acceptors (Lipinski definition) is 8. The van der Waals surface area contributed by atoms with Gasteiger partial charge in [0, 0.05) is 32.7 Å². The Bertz CT molecular complexity index is 2530. The Labute approximate surface area is 259 Å². The van der Waals surface area contributed by atoms with E-state index in [1.807, 2.05) is 66.7 Å². The van der Waals surface area contributed by atoms with Gasteiger partial charge in [0.2, 0.25) is 23.0 Å². The molecule has 0 saturated carbocycles. The zero-order valence-corrected chi connectivity index (χ0v) is 23.8. The van der Waals surface area contributed by atoms with Gasteiger partial charge in [0.05, 0.1) is 0 Å². The predicted octanol–water partition coefficient (Wildman–Crippen LogP) is 8.43. The zero-order valence-electron chi connectivity index (χ0n) is 23.8. The summed E-state index contributed by atoms with van der Waals surface area (Å²) in [5.74, 6) is -7.27. The van der Waals surface area contributed by atoms with E-state index in [-0.39, 0.29) is 32.7 Å². The Balaban J connectivity index is 1.73. The van der Waals surface area contributed by atoms with E-state index in [9.17, 15) is 40.9 Å². The van der Waals surface area contributed by atoms with E-state index in [1.54, 1.807) is 30.3 Å². The molecule has 46 heavy (non-hydrogen) atoms. The minimum atomic E-state index is -1.01. The van der Waals surface area contributed by atoms with Gasteiger partial charge in [0.25, 0.3) is 0 Å². The van der Waals surface area contributed by atoms with E-state index < -0.39 is 46.0 Å². The first-order valence-electron chi connectivity index (χ1n) is 14.3. The molecule has 8 heteroatoms. The Morgan fingerprint density at radius 3 is 1.30 bits per heavy atom. The molecule has 0 saturated heterocycles. The van der Waals surface area contributed by atoms with Crippen LogP contribution in [0.4, 0.5) is 0 Å². The summed E-state index contributed by atoms with van der Waals surface area (Å²) in [5.41, 5.74) is 0.782. The normalized spacial score (nSPS) is 11.7. The van der Waals surface area contributed by atoms with Crippen LogP contribution in [0.25, 0.3) is 76.1 Å². The van der Waals surface area contributed by atoms with Crippen molar-refractivity contribution in [1.29, 1.82) is 0 Å². The Morgan fingerprint density at radius 2 is 0.739 bits per heavy atom. The summed E-state index contributed by atoms with van der Waals surface area (Å²) in [6, 6.07) is 29.4. The van der Waals surface area contributed by atoms with Crippen molar-refractivity contribution in [2.45, 2.75) is 0 Å². The smallest absolute Gasteiger partial charge is 0.204 e. The van der Waals surface area contributed by atoms with Gasteiger partial charge in [-0.3, -0.25) is 0 Å². The highest BCUT2D eigenvalue weighted by molar-refractivity contribution is 6.32. The lowest BCUT2D eigenvalue weighted by Gasteiger charge is -2.23. The number of benzene rings is 8. The van der Waals surface area contributed by atoms with Gasteiger partial charge in [-0.05, 0) is 49.5 Å². The van der Waals surface area contributed by atoms with E-state index in [4.69, 9.17) is 0 Å². The maximum atomic E-state index is 11.6. The molecule has 0 unspecified atom stereocenters. The summed E-state index contributed by atoms with van der Waals surface area (Å²) >= 11 is 0. The molecule has 8 aromatic rings. The van der Waals surface area contributed by atoms with Gasteiger partial charge >= 0.3 is 0 Å². The van der Waals surface area contributed by atoms with Crippen LogP contribution in [0.15, 0.2) is 97.1 Å². The van der Waals surface area contributed by atoms with E-state index in [1.165, 1.54) is 0 Å². The quantitative estimate of drug-likeness (QED) is 0.0420. The molecule has 0 aromatic heterocycles. The van der Waals surface area contributed by atoms with Crippen LogP contribution in [0.1, 0.15) is 0 Å². The van der Waals surface area contributed by atoms with Gasteiger partial charge in [0.1, 0.15) is 0 Å². The summed E-state index contributed by atoms with van der Waals surface area (Å²) in [6.07, 6.45) is 0. The molecule has 0 heterocycles. The van der Waals surface area contributed by atoms with Crippen molar-refractivity contribution in [3.05, 3.63) is 97.1 Å². The number of fused-ring (bicyclic) bond motifs is 7. The Hall–Kier alpha value is -6.54. The van der Waals surface area contributed by atoms with Gasteiger partial charge in [-0.2, -0.15) is 0 Å². The third kappa shape index (κ3) is 3.43. The highest BCUT2D eigenvalue weighted by Gasteiger charge is 2.32. The average molecular weight is 609 g/mol. The van der Waals surface area contributed by atoms with Crippen LogP contribution < -0.4 is 0 Å². The Morgan fingerprint density at radius 1 is 0.304 bits per heavy atom. The van der Waals surface area contributed by atoms with Crippen LogP contribution in [-0.2, 0) is 0 Å². The molecule has 0 aliphatic rings. The first-order valence-corrected chi connectivity index (χ1v) is 14.3. The summed E-state index contributed by atoms with van der Waals surface area (Å²) < 4.78 is 0. The second kappa shape index (κ2) is 9.48. The minimum absolute atomic E-state index is 0.0108. The summed E-state index contributed by atoms with van der Waals surface area (Å²) in [7, 11) is 0. The van der Waals surface area contributed by atoms with Crippen LogP contribution in [0, 0.1) is 0 Å². The molecule has 8 rings (SSSR count). The second-order valence-corrected chi connectivity index (χ2v) is 11.3. The maximum Gasteiger partial charge on any atom is 0.204 e. The SMILES string of the molecule is Oc1c(O)c(O)c2c(-c3cc4ccc5ccccc5c4c4ccccc34)c3c(O)c(O)c(O)c(O)c3c(-c3ccccc3)c2c1O. The van der Waals surface area contributed by atoms with Gasteiger partial charge < -0.3 is 40.9 Å². The number of aromatic hydroxyl groups is 8. The standard InChI is InChI=1S/C38H24O8/c39-31-27-25(18-9-2-1-3-10-18)28-30(34(42)38(46)36(44)32(28)40)26(29(27)33(41)37(45)35(31)43)23-16-19-15-14-17-8-4-5-11-20(17)24(19)22-13-7-6-12-21(22)23/h1-16,39-46H. The number of phenolic OH excluding ortho intramolecular Hbond substituents is 8. The Kier molecular flexibility index (Phi) is 5.57. The molecule has 0 radical (unpaired) electrons. The van der Waals surface area contributed by atoms with Gasteiger partial charge in [-0.1, -0.05) is 91.0 Å². The van der Waals surface area contributed by atoms with Crippen molar-refractivity contribution < 1.29 is 40.9 Å². The first kappa shape index (κ1) is 27.0. The molecule has 0 amide bonds. The van der Waals surface area contributed by atoms with E-state index in [0.717, 1.165) is 26.9 Å². The predicted molar refractivity (Wildman–Crippen MR) is 178 cm³/mol.